The summed E-state index contributed by atoms with van der Waals surface area (Å²) < 4.78 is 5.25. The smallest absolute Gasteiger partial charge is 0.274 e. The third-order valence-corrected chi connectivity index (χ3v) is 5.89. The Morgan fingerprint density at radius 2 is 2.00 bits per heavy atom. The van der Waals surface area contributed by atoms with E-state index in [1.807, 2.05) is 26.0 Å². The molecule has 0 fully saturated rings. The highest BCUT2D eigenvalue weighted by Crippen LogP contribution is 2.37. The number of hydrogen-bond acceptors (Lipinski definition) is 11. The maximum atomic E-state index is 11.1. The van der Waals surface area contributed by atoms with E-state index in [1.54, 1.807) is 19.1 Å². The Morgan fingerprint density at radius 1 is 1.23 bits per heavy atom. The summed E-state index contributed by atoms with van der Waals surface area (Å²) in [6.07, 6.45) is 0. The summed E-state index contributed by atoms with van der Waals surface area (Å²) in [6, 6.07) is 8.63. The van der Waals surface area contributed by atoms with E-state index in [4.69, 9.17) is 0 Å². The molecule has 1 heterocycles. The average molecular weight is 449 g/mol. The van der Waals surface area contributed by atoms with Gasteiger partial charge in [0.15, 0.2) is 0 Å². The molecule has 0 unspecified atom stereocenters. The standard InChI is InChI=1S/C18H19N5O5S2/c1-4-22(5-2)12-6-7-13(17(9-12)30-28-27-26)20-21-18-19-14-10-15(23(24)25)11(3)8-16(14)29-18/h6-10,26H,4-5H2,1-3H3/p-1. The average Bonchev–Trinajstić information content (AvgIpc) is 3.13. The lowest BCUT2D eigenvalue weighted by molar-refractivity contribution is -0.777. The molecule has 3 rings (SSSR count). The first kappa shape index (κ1) is 22.1. The van der Waals surface area contributed by atoms with E-state index in [-0.39, 0.29) is 5.69 Å². The Hall–Kier alpha value is -2.64. The van der Waals surface area contributed by atoms with Gasteiger partial charge in [-0.3, -0.25) is 15.2 Å². The van der Waals surface area contributed by atoms with E-state index in [0.717, 1.165) is 35.5 Å². The van der Waals surface area contributed by atoms with E-state index in [0.29, 0.717) is 26.8 Å². The Kier molecular flexibility index (Phi) is 7.29. The van der Waals surface area contributed by atoms with Crippen molar-refractivity contribution in [2.45, 2.75) is 25.7 Å². The number of anilines is 1. The maximum absolute atomic E-state index is 11.1. The van der Waals surface area contributed by atoms with Crippen LogP contribution in [0.2, 0.25) is 0 Å². The zero-order chi connectivity index (χ0) is 21.7. The van der Waals surface area contributed by atoms with Crippen molar-refractivity contribution < 1.29 is 19.6 Å². The van der Waals surface area contributed by atoms with Crippen molar-refractivity contribution in [1.82, 2.24) is 4.98 Å². The van der Waals surface area contributed by atoms with Gasteiger partial charge in [-0.1, -0.05) is 11.3 Å². The molecule has 0 atom stereocenters. The zero-order valence-corrected chi connectivity index (χ0v) is 18.0. The molecule has 0 saturated carbocycles. The number of aromatic nitrogens is 1. The fourth-order valence-electron chi connectivity index (χ4n) is 2.88. The van der Waals surface area contributed by atoms with Gasteiger partial charge >= 0.3 is 0 Å². The van der Waals surface area contributed by atoms with Crippen LogP contribution in [0.25, 0.3) is 10.2 Å². The number of aryl methyl sites for hydroxylation is 1. The summed E-state index contributed by atoms with van der Waals surface area (Å²) in [7, 11) is 0. The van der Waals surface area contributed by atoms with Crippen LogP contribution in [0.3, 0.4) is 0 Å². The molecule has 158 valence electrons. The van der Waals surface area contributed by atoms with Gasteiger partial charge in [-0.2, -0.15) is 4.33 Å². The van der Waals surface area contributed by atoms with Gasteiger partial charge in [0.25, 0.3) is 5.69 Å². The quantitative estimate of drug-likeness (QED) is 0.147. The molecule has 0 bridgehead atoms. The largest absolute Gasteiger partial charge is 0.691 e. The van der Waals surface area contributed by atoms with E-state index < -0.39 is 4.92 Å². The molecule has 0 aliphatic carbocycles. The van der Waals surface area contributed by atoms with Crippen molar-refractivity contribution in [3.05, 3.63) is 46.0 Å². The molecule has 0 spiro atoms. The number of azo groups is 1. The highest BCUT2D eigenvalue weighted by atomic mass is 32.2. The number of hydrogen-bond donors (Lipinski definition) is 0. The lowest BCUT2D eigenvalue weighted by Crippen LogP contribution is -2.21. The summed E-state index contributed by atoms with van der Waals surface area (Å²) in [5.74, 6) is 0. The Balaban J connectivity index is 1.93. The second kappa shape index (κ2) is 9.91. The molecule has 3 aromatic rings. The first-order valence-corrected chi connectivity index (χ1v) is 10.5. The molecule has 2 aromatic carbocycles. The molecule has 30 heavy (non-hydrogen) atoms. The van der Waals surface area contributed by atoms with Crippen LogP contribution in [0.15, 0.2) is 45.5 Å². The van der Waals surface area contributed by atoms with Gasteiger partial charge in [0, 0.05) is 30.4 Å². The molecule has 0 aliphatic rings. The molecule has 10 nitrogen and oxygen atoms in total. The van der Waals surface area contributed by atoms with E-state index in [2.05, 4.69) is 29.5 Å². The molecular weight excluding hydrogens is 430 g/mol. The van der Waals surface area contributed by atoms with Crippen molar-refractivity contribution in [3.63, 3.8) is 0 Å². The van der Waals surface area contributed by atoms with Crippen LogP contribution in [0.1, 0.15) is 19.4 Å². The number of nitrogens with zero attached hydrogens (tertiary/aromatic N) is 5. The minimum absolute atomic E-state index is 0.0109. The van der Waals surface area contributed by atoms with Gasteiger partial charge in [-0.05, 0) is 45.0 Å². The van der Waals surface area contributed by atoms with Crippen molar-refractivity contribution >= 4 is 55.8 Å². The van der Waals surface area contributed by atoms with Crippen LogP contribution in [-0.2, 0) is 9.37 Å². The third kappa shape index (κ3) is 4.91. The summed E-state index contributed by atoms with van der Waals surface area (Å²) in [6.45, 7) is 7.40. The second-order valence-corrected chi connectivity index (χ2v) is 7.86. The summed E-state index contributed by atoms with van der Waals surface area (Å²) in [5, 5.41) is 33.6. The van der Waals surface area contributed by atoms with Gasteiger partial charge in [0.05, 0.1) is 32.1 Å². The molecule has 0 amide bonds. The van der Waals surface area contributed by atoms with Crippen molar-refractivity contribution in [2.75, 3.05) is 18.0 Å². The molecule has 0 N–H and O–H groups in total. The fraction of sp³-hybridized carbons (Fsp3) is 0.278. The topological polar surface area (TPSA) is 126 Å². The first-order valence-electron chi connectivity index (χ1n) is 8.96. The van der Waals surface area contributed by atoms with Gasteiger partial charge in [0.2, 0.25) is 5.13 Å². The van der Waals surface area contributed by atoms with Gasteiger partial charge in [-0.25, -0.2) is 4.98 Å². The maximum Gasteiger partial charge on any atom is 0.274 e. The number of thiazole rings is 1. The van der Waals surface area contributed by atoms with Crippen molar-refractivity contribution in [1.29, 1.82) is 0 Å². The number of rotatable bonds is 9. The third-order valence-electron chi connectivity index (χ3n) is 4.36. The van der Waals surface area contributed by atoms with Crippen LogP contribution in [-0.4, -0.2) is 23.0 Å². The normalized spacial score (nSPS) is 11.5. The SMILES string of the molecule is CCN(CC)c1ccc(N=Nc2nc3cc([N+](=O)[O-])c(C)cc3s2)c(SOO[O-])c1. The molecular formula is C18H18N5O5S2-. The Morgan fingerprint density at radius 3 is 2.67 bits per heavy atom. The van der Waals surface area contributed by atoms with Crippen LogP contribution in [0.4, 0.5) is 22.2 Å². The number of benzene rings is 2. The van der Waals surface area contributed by atoms with E-state index in [9.17, 15) is 15.4 Å². The minimum atomic E-state index is -0.436. The highest BCUT2D eigenvalue weighted by Gasteiger charge is 2.15. The van der Waals surface area contributed by atoms with Crippen molar-refractivity contribution in [3.8, 4) is 0 Å². The Bertz CT molecular complexity index is 1080. The van der Waals surface area contributed by atoms with Crippen molar-refractivity contribution in [2.24, 2.45) is 10.2 Å². The predicted octanol–water partition coefficient (Wildman–Crippen LogP) is 5.01. The molecule has 12 heteroatoms. The minimum Gasteiger partial charge on any atom is -0.691 e. The summed E-state index contributed by atoms with van der Waals surface area (Å²) in [4.78, 5) is 17.7. The van der Waals surface area contributed by atoms with Gasteiger partial charge in [0.1, 0.15) is 5.69 Å². The van der Waals surface area contributed by atoms with Crippen LogP contribution < -0.4 is 10.2 Å². The summed E-state index contributed by atoms with van der Waals surface area (Å²) in [5.41, 5.74) is 2.46. The van der Waals surface area contributed by atoms with Crippen LogP contribution in [0.5, 0.6) is 0 Å². The van der Waals surface area contributed by atoms with Crippen LogP contribution >= 0.6 is 23.4 Å². The van der Waals surface area contributed by atoms with E-state index >= 15 is 0 Å². The number of fused-ring (bicyclic) bond motifs is 1. The zero-order valence-electron chi connectivity index (χ0n) is 16.4. The Labute approximate surface area is 180 Å². The molecule has 0 saturated heterocycles. The number of nitro groups is 1. The molecule has 1 aromatic heterocycles. The predicted molar refractivity (Wildman–Crippen MR) is 113 cm³/mol. The fourth-order valence-corrected chi connectivity index (χ4v) is 4.21. The lowest BCUT2D eigenvalue weighted by Gasteiger charge is -2.21. The monoisotopic (exact) mass is 448 g/mol. The first-order chi connectivity index (χ1) is 14.5. The highest BCUT2D eigenvalue weighted by molar-refractivity contribution is 7.94. The summed E-state index contributed by atoms with van der Waals surface area (Å²) >= 11 is 2.01. The lowest BCUT2D eigenvalue weighted by atomic mass is 10.2. The number of nitro benzene ring substituents is 1. The second-order valence-electron chi connectivity index (χ2n) is 6.10. The van der Waals surface area contributed by atoms with Gasteiger partial charge in [-0.15, -0.1) is 10.2 Å². The molecule has 0 radical (unpaired) electrons. The van der Waals surface area contributed by atoms with Gasteiger partial charge < -0.3 is 10.2 Å². The van der Waals surface area contributed by atoms with E-state index in [1.165, 1.54) is 17.4 Å². The van der Waals surface area contributed by atoms with Crippen LogP contribution in [0, 0.1) is 17.0 Å². The molecule has 0 aliphatic heterocycles.